The third kappa shape index (κ3) is 2.62. The van der Waals surface area contributed by atoms with E-state index in [0.717, 1.165) is 0 Å². The molecule has 8 heteroatoms. The summed E-state index contributed by atoms with van der Waals surface area (Å²) >= 11 is 0. The Morgan fingerprint density at radius 1 is 1.25 bits per heavy atom. The number of anilines is 3. The summed E-state index contributed by atoms with van der Waals surface area (Å²) in [5.41, 5.74) is 7.83. The van der Waals surface area contributed by atoms with Crippen molar-refractivity contribution in [3.05, 3.63) is 30.6 Å². The van der Waals surface area contributed by atoms with Crippen LogP contribution in [0.3, 0.4) is 0 Å². The highest BCUT2D eigenvalue weighted by Crippen LogP contribution is 2.38. The fraction of sp³-hybridized carbons (Fsp3) is 0.250. The van der Waals surface area contributed by atoms with Gasteiger partial charge in [-0.3, -0.25) is 14.7 Å². The highest BCUT2D eigenvalue weighted by Gasteiger charge is 2.33. The number of nitrogens with two attached hydrogens (primary N) is 1. The van der Waals surface area contributed by atoms with E-state index in [2.05, 4.69) is 9.97 Å². The molecular weight excluding hydrogens is 310 g/mol. The van der Waals surface area contributed by atoms with Gasteiger partial charge in [0.25, 0.3) is 0 Å². The molecule has 2 heterocycles. The molecule has 8 nitrogen and oxygen atoms in total. The van der Waals surface area contributed by atoms with Crippen LogP contribution in [0.1, 0.15) is 13.8 Å². The molecular formula is C16H17N5O3. The van der Waals surface area contributed by atoms with Gasteiger partial charge in [-0.2, -0.15) is 0 Å². The minimum atomic E-state index is -1.06. The average molecular weight is 327 g/mol. The number of fused-ring (bicyclic) bond motifs is 1. The van der Waals surface area contributed by atoms with Gasteiger partial charge in [-0.15, -0.1) is 0 Å². The highest BCUT2D eigenvalue weighted by atomic mass is 16.4. The van der Waals surface area contributed by atoms with Crippen LogP contribution >= 0.6 is 0 Å². The van der Waals surface area contributed by atoms with Crippen molar-refractivity contribution in [2.45, 2.75) is 19.9 Å². The van der Waals surface area contributed by atoms with Crippen molar-refractivity contribution in [3.63, 3.8) is 0 Å². The minimum Gasteiger partial charge on any atom is -0.465 e. The maximum absolute atomic E-state index is 12.0. The lowest BCUT2D eigenvalue weighted by Crippen LogP contribution is -2.51. The number of carbonyl (C=O) groups is 2. The van der Waals surface area contributed by atoms with Crippen LogP contribution in [0.2, 0.25) is 0 Å². The van der Waals surface area contributed by atoms with E-state index in [9.17, 15) is 14.7 Å². The molecule has 0 bridgehead atoms. The Hall–Kier alpha value is -3.16. The molecule has 3 rings (SSSR count). The Bertz CT molecular complexity index is 806. The summed E-state index contributed by atoms with van der Waals surface area (Å²) in [6.45, 7) is 3.49. The Balaban J connectivity index is 2.13. The molecule has 1 aliphatic rings. The van der Waals surface area contributed by atoms with Crippen LogP contribution in [0.4, 0.5) is 22.0 Å². The minimum absolute atomic E-state index is 0.131. The third-order valence-electron chi connectivity index (χ3n) is 3.95. The van der Waals surface area contributed by atoms with E-state index in [1.807, 2.05) is 6.92 Å². The summed E-state index contributed by atoms with van der Waals surface area (Å²) in [6.07, 6.45) is 1.90. The summed E-state index contributed by atoms with van der Waals surface area (Å²) in [5, 5.41) is 9.50. The zero-order valence-electron chi connectivity index (χ0n) is 13.3. The van der Waals surface area contributed by atoms with E-state index in [-0.39, 0.29) is 18.5 Å². The second-order valence-electron chi connectivity index (χ2n) is 5.66. The van der Waals surface area contributed by atoms with Crippen LogP contribution in [0.5, 0.6) is 0 Å². The molecule has 24 heavy (non-hydrogen) atoms. The van der Waals surface area contributed by atoms with Gasteiger partial charge >= 0.3 is 6.09 Å². The van der Waals surface area contributed by atoms with E-state index in [1.165, 1.54) is 24.2 Å². The number of aromatic nitrogens is 2. The van der Waals surface area contributed by atoms with Crippen LogP contribution in [-0.4, -0.2) is 39.7 Å². The number of rotatable bonds is 1. The normalized spacial score (nSPS) is 16.7. The molecule has 1 atom stereocenters. The molecule has 3 N–H and O–H groups in total. The van der Waals surface area contributed by atoms with Gasteiger partial charge in [0.05, 0.1) is 35.5 Å². The van der Waals surface area contributed by atoms with Gasteiger partial charge < -0.3 is 15.7 Å². The van der Waals surface area contributed by atoms with Gasteiger partial charge in [0.1, 0.15) is 5.82 Å². The summed E-state index contributed by atoms with van der Waals surface area (Å²) in [7, 11) is 0. The molecule has 1 aliphatic heterocycles. The van der Waals surface area contributed by atoms with Crippen LogP contribution < -0.4 is 15.5 Å². The third-order valence-corrected chi connectivity index (χ3v) is 3.95. The molecule has 124 valence electrons. The van der Waals surface area contributed by atoms with Crippen molar-refractivity contribution in [3.8, 4) is 11.3 Å². The largest absolute Gasteiger partial charge is 0.465 e. The summed E-state index contributed by atoms with van der Waals surface area (Å²) in [5.74, 6) is 0.175. The Morgan fingerprint density at radius 3 is 2.58 bits per heavy atom. The average Bonchev–Trinajstić information content (AvgIpc) is 2.53. The lowest BCUT2D eigenvalue weighted by molar-refractivity contribution is -0.117. The molecule has 0 spiro atoms. The number of hydrogen-bond donors (Lipinski definition) is 2. The second kappa shape index (κ2) is 5.80. The molecule has 0 aliphatic carbocycles. The molecule has 0 unspecified atom stereocenters. The molecule has 1 aromatic carbocycles. The standard InChI is InChI=1S/C16H17N5O3/c1-9-8-20(16(23)24)14-5-11(12-6-19-15(17)7-18-12)3-4-13(14)21(9)10(2)22/h3-7,9H,8H2,1-2H3,(H2,17,19)(H,23,24)/t9-/m0/s1. The molecule has 0 fully saturated rings. The van der Waals surface area contributed by atoms with Crippen LogP contribution in [0.15, 0.2) is 30.6 Å². The summed E-state index contributed by atoms with van der Waals surface area (Å²) < 4.78 is 0. The monoisotopic (exact) mass is 327 g/mol. The second-order valence-corrected chi connectivity index (χ2v) is 5.66. The number of carboxylic acid groups (broad SMARTS) is 1. The number of nitrogens with zero attached hydrogens (tertiary/aromatic N) is 4. The Labute approximate surface area is 138 Å². The predicted molar refractivity (Wildman–Crippen MR) is 89.9 cm³/mol. The van der Waals surface area contributed by atoms with Gasteiger partial charge in [-0.1, -0.05) is 6.07 Å². The van der Waals surface area contributed by atoms with Gasteiger partial charge in [-0.05, 0) is 19.1 Å². The fourth-order valence-electron chi connectivity index (χ4n) is 2.93. The summed E-state index contributed by atoms with van der Waals surface area (Å²) in [4.78, 5) is 34.6. The van der Waals surface area contributed by atoms with Gasteiger partial charge in [0.15, 0.2) is 0 Å². The number of benzene rings is 1. The van der Waals surface area contributed by atoms with Crippen molar-refractivity contribution in [1.82, 2.24) is 9.97 Å². The smallest absolute Gasteiger partial charge is 0.411 e. The van der Waals surface area contributed by atoms with E-state index < -0.39 is 6.09 Å². The molecule has 2 amide bonds. The topological polar surface area (TPSA) is 113 Å². The van der Waals surface area contributed by atoms with Crippen molar-refractivity contribution < 1.29 is 14.7 Å². The fourth-order valence-corrected chi connectivity index (χ4v) is 2.93. The maximum atomic E-state index is 12.0. The van der Waals surface area contributed by atoms with Crippen molar-refractivity contribution in [2.24, 2.45) is 0 Å². The first-order valence-corrected chi connectivity index (χ1v) is 7.40. The van der Waals surface area contributed by atoms with Crippen molar-refractivity contribution >= 4 is 29.2 Å². The van der Waals surface area contributed by atoms with Crippen molar-refractivity contribution in [1.29, 1.82) is 0 Å². The van der Waals surface area contributed by atoms with E-state index in [4.69, 9.17) is 5.73 Å². The molecule has 0 saturated heterocycles. The SMILES string of the molecule is CC(=O)N1c2ccc(-c3cnc(N)cn3)cc2N(C(=O)O)C[C@@H]1C. The van der Waals surface area contributed by atoms with Gasteiger partial charge in [0.2, 0.25) is 5.91 Å². The Morgan fingerprint density at radius 2 is 2.00 bits per heavy atom. The van der Waals surface area contributed by atoms with Crippen molar-refractivity contribution in [2.75, 3.05) is 22.1 Å². The zero-order valence-corrected chi connectivity index (χ0v) is 13.3. The van der Waals surface area contributed by atoms with Crippen LogP contribution in [-0.2, 0) is 4.79 Å². The summed E-state index contributed by atoms with van der Waals surface area (Å²) in [6, 6.07) is 4.97. The van der Waals surface area contributed by atoms with Gasteiger partial charge in [0, 0.05) is 19.0 Å². The first-order chi connectivity index (χ1) is 11.4. The number of carbonyl (C=O) groups excluding carboxylic acids is 1. The molecule has 2 aromatic rings. The molecule has 1 aromatic heterocycles. The first-order valence-electron chi connectivity index (χ1n) is 7.40. The number of hydrogen-bond acceptors (Lipinski definition) is 5. The van der Waals surface area contributed by atoms with Crippen LogP contribution in [0, 0.1) is 0 Å². The Kier molecular flexibility index (Phi) is 3.80. The molecule has 0 saturated carbocycles. The first kappa shape index (κ1) is 15.7. The lowest BCUT2D eigenvalue weighted by atomic mass is 10.0. The molecule has 0 radical (unpaired) electrons. The number of amides is 2. The number of nitrogen functional groups attached to an aromatic ring is 1. The quantitative estimate of drug-likeness (QED) is 0.828. The van der Waals surface area contributed by atoms with Gasteiger partial charge in [-0.25, -0.2) is 9.78 Å². The highest BCUT2D eigenvalue weighted by molar-refractivity contribution is 6.02. The zero-order chi connectivity index (χ0) is 17.4. The lowest BCUT2D eigenvalue weighted by Gasteiger charge is -2.39. The van der Waals surface area contributed by atoms with Crippen LogP contribution in [0.25, 0.3) is 11.3 Å². The van der Waals surface area contributed by atoms with E-state index in [0.29, 0.717) is 28.5 Å². The van der Waals surface area contributed by atoms with E-state index in [1.54, 1.807) is 23.1 Å². The van der Waals surface area contributed by atoms with E-state index >= 15 is 0 Å². The predicted octanol–water partition coefficient (Wildman–Crippen LogP) is 1.97. The maximum Gasteiger partial charge on any atom is 0.411 e.